The molecule has 102 valence electrons. The predicted octanol–water partition coefficient (Wildman–Crippen LogP) is 2.53. The molecule has 1 heterocycles. The van der Waals surface area contributed by atoms with Crippen molar-refractivity contribution in [2.75, 3.05) is 7.11 Å². The van der Waals surface area contributed by atoms with Crippen LogP contribution in [-0.4, -0.2) is 16.9 Å². The van der Waals surface area contributed by atoms with Crippen molar-refractivity contribution in [1.29, 1.82) is 0 Å². The van der Waals surface area contributed by atoms with Gasteiger partial charge in [-0.3, -0.25) is 0 Å². The van der Waals surface area contributed by atoms with Crippen molar-refractivity contribution in [2.45, 2.75) is 18.2 Å². The average Bonchev–Trinajstić information content (AvgIpc) is 2.73. The van der Waals surface area contributed by atoms with Gasteiger partial charge in [0.25, 0.3) is 0 Å². The highest BCUT2D eigenvalue weighted by Crippen LogP contribution is 2.16. The van der Waals surface area contributed by atoms with Crippen molar-refractivity contribution >= 4 is 23.4 Å². The fourth-order valence-electron chi connectivity index (χ4n) is 1.44. The van der Waals surface area contributed by atoms with E-state index in [0.717, 1.165) is 11.3 Å². The fraction of sp³-hybridized carbons (Fsp3) is 0.333. The lowest BCUT2D eigenvalue weighted by Crippen LogP contribution is -2.14. The van der Waals surface area contributed by atoms with Gasteiger partial charge in [-0.05, 0) is 17.7 Å². The Morgan fingerprint density at radius 2 is 2.16 bits per heavy atom. The van der Waals surface area contributed by atoms with E-state index < -0.39 is 5.76 Å². The van der Waals surface area contributed by atoms with Crippen LogP contribution in [0.25, 0.3) is 0 Å². The van der Waals surface area contributed by atoms with Gasteiger partial charge in [0.2, 0.25) is 5.89 Å². The highest BCUT2D eigenvalue weighted by molar-refractivity contribution is 7.97. The topological polar surface area (TPSA) is 57.3 Å². The van der Waals surface area contributed by atoms with Crippen LogP contribution in [0.1, 0.15) is 11.5 Å². The molecule has 0 amide bonds. The molecule has 0 unspecified atom stereocenters. The Labute approximate surface area is 119 Å². The Morgan fingerprint density at radius 3 is 2.84 bits per heavy atom. The van der Waals surface area contributed by atoms with Gasteiger partial charge in [-0.1, -0.05) is 23.7 Å². The molecule has 0 atom stereocenters. The summed E-state index contributed by atoms with van der Waals surface area (Å²) >= 11 is 7.38. The van der Waals surface area contributed by atoms with E-state index >= 15 is 0 Å². The van der Waals surface area contributed by atoms with Gasteiger partial charge < -0.3 is 9.15 Å². The number of hydrogen-bond donors (Lipinski definition) is 0. The number of ether oxygens (including phenoxy) is 1. The molecule has 1 aromatic heterocycles. The minimum atomic E-state index is -0.462. The van der Waals surface area contributed by atoms with E-state index in [2.05, 4.69) is 5.10 Å². The quantitative estimate of drug-likeness (QED) is 0.820. The van der Waals surface area contributed by atoms with Gasteiger partial charge in [0.15, 0.2) is 0 Å². The van der Waals surface area contributed by atoms with Crippen molar-refractivity contribution in [1.82, 2.24) is 9.78 Å². The molecule has 0 aliphatic rings. The van der Waals surface area contributed by atoms with Crippen molar-refractivity contribution in [3.8, 4) is 0 Å². The van der Waals surface area contributed by atoms with Gasteiger partial charge in [-0.15, -0.1) is 16.9 Å². The summed E-state index contributed by atoms with van der Waals surface area (Å²) in [6.07, 6.45) is 0. The third kappa shape index (κ3) is 4.12. The molecule has 0 N–H and O–H groups in total. The summed E-state index contributed by atoms with van der Waals surface area (Å²) in [5.74, 6) is 1.04. The molecule has 1 aromatic carbocycles. The predicted molar refractivity (Wildman–Crippen MR) is 74.2 cm³/mol. The summed E-state index contributed by atoms with van der Waals surface area (Å²) in [6.45, 7) is 0.199. The minimum absolute atomic E-state index is 0.199. The average molecular weight is 301 g/mol. The van der Waals surface area contributed by atoms with Crippen LogP contribution in [0, 0.1) is 0 Å². The summed E-state index contributed by atoms with van der Waals surface area (Å²) in [6, 6.07) is 7.60. The lowest BCUT2D eigenvalue weighted by atomic mass is 10.2. The number of rotatable bonds is 6. The second-order valence-corrected chi connectivity index (χ2v) is 5.19. The molecule has 0 spiro atoms. The summed E-state index contributed by atoms with van der Waals surface area (Å²) in [7, 11) is 1.52. The summed E-state index contributed by atoms with van der Waals surface area (Å²) in [5, 5.41) is 4.73. The molecule has 2 rings (SSSR count). The van der Waals surface area contributed by atoms with Crippen LogP contribution in [0.5, 0.6) is 0 Å². The highest BCUT2D eigenvalue weighted by atomic mass is 35.5. The van der Waals surface area contributed by atoms with Gasteiger partial charge >= 0.3 is 5.76 Å². The number of halogens is 1. The molecule has 7 heteroatoms. The van der Waals surface area contributed by atoms with Gasteiger partial charge in [0.1, 0.15) is 6.61 Å². The summed E-state index contributed by atoms with van der Waals surface area (Å²) in [4.78, 5) is 11.4. The van der Waals surface area contributed by atoms with Crippen LogP contribution in [0.15, 0.2) is 33.5 Å². The second kappa shape index (κ2) is 6.79. The Morgan fingerprint density at radius 1 is 1.42 bits per heavy atom. The van der Waals surface area contributed by atoms with Crippen LogP contribution in [0.4, 0.5) is 0 Å². The van der Waals surface area contributed by atoms with Crippen molar-refractivity contribution < 1.29 is 9.15 Å². The van der Waals surface area contributed by atoms with Crippen LogP contribution in [-0.2, 0) is 23.0 Å². The minimum Gasteiger partial charge on any atom is -0.390 e. The zero-order chi connectivity index (χ0) is 13.7. The second-order valence-electron chi connectivity index (χ2n) is 3.80. The number of benzene rings is 1. The first-order valence-corrected chi connectivity index (χ1v) is 7.10. The number of hydrogen-bond acceptors (Lipinski definition) is 5. The molecule has 0 saturated heterocycles. The number of methoxy groups -OCH3 is 1. The molecule has 0 radical (unpaired) electrons. The van der Waals surface area contributed by atoms with E-state index in [-0.39, 0.29) is 6.61 Å². The first-order chi connectivity index (χ1) is 9.19. The smallest absolute Gasteiger partial charge is 0.390 e. The number of nitrogens with zero attached hydrogens (tertiary/aromatic N) is 2. The summed E-state index contributed by atoms with van der Waals surface area (Å²) in [5.41, 5.74) is 1.14. The van der Waals surface area contributed by atoms with Crippen molar-refractivity contribution in [3.05, 3.63) is 51.3 Å². The molecular formula is C12H13ClN2O3S. The lowest BCUT2D eigenvalue weighted by Gasteiger charge is -2.01. The summed E-state index contributed by atoms with van der Waals surface area (Å²) < 4.78 is 11.1. The third-order valence-electron chi connectivity index (χ3n) is 2.31. The Kier molecular flexibility index (Phi) is 5.07. The van der Waals surface area contributed by atoms with Crippen LogP contribution >= 0.6 is 23.4 Å². The molecule has 0 fully saturated rings. The monoisotopic (exact) mass is 300 g/mol. The largest absolute Gasteiger partial charge is 0.437 e. The molecule has 2 aromatic rings. The normalized spacial score (nSPS) is 10.8. The standard InChI is InChI=1S/C12H13ClN2O3S/c1-17-6-11-14-15(12(16)18-11)8-19-7-9-2-4-10(13)5-3-9/h2-5H,6-8H2,1H3. The number of aromatic nitrogens is 2. The van der Waals surface area contributed by atoms with Gasteiger partial charge in [-0.25, -0.2) is 4.79 Å². The fourth-order valence-corrected chi connectivity index (χ4v) is 2.42. The zero-order valence-electron chi connectivity index (χ0n) is 10.3. The Bertz CT molecular complexity index is 579. The molecule has 0 bridgehead atoms. The molecule has 5 nitrogen and oxygen atoms in total. The van der Waals surface area contributed by atoms with E-state index in [1.165, 1.54) is 11.8 Å². The highest BCUT2D eigenvalue weighted by Gasteiger charge is 2.07. The zero-order valence-corrected chi connectivity index (χ0v) is 11.9. The Hall–Kier alpha value is -1.24. The van der Waals surface area contributed by atoms with E-state index in [4.69, 9.17) is 20.8 Å². The van der Waals surface area contributed by atoms with Gasteiger partial charge in [0.05, 0.1) is 5.88 Å². The van der Waals surface area contributed by atoms with Crippen LogP contribution < -0.4 is 5.76 Å². The Balaban J connectivity index is 1.88. The van der Waals surface area contributed by atoms with Crippen LogP contribution in [0.3, 0.4) is 0 Å². The van der Waals surface area contributed by atoms with E-state index in [0.29, 0.717) is 16.8 Å². The SMILES string of the molecule is COCc1nn(CSCc2ccc(Cl)cc2)c(=O)o1. The van der Waals surface area contributed by atoms with Gasteiger partial charge in [-0.2, -0.15) is 4.68 Å². The molecule has 0 saturated carbocycles. The van der Waals surface area contributed by atoms with Crippen LogP contribution in [0.2, 0.25) is 5.02 Å². The number of thioether (sulfide) groups is 1. The van der Waals surface area contributed by atoms with Crippen molar-refractivity contribution in [2.24, 2.45) is 0 Å². The third-order valence-corrected chi connectivity index (χ3v) is 3.53. The maximum absolute atomic E-state index is 11.4. The van der Waals surface area contributed by atoms with E-state index in [1.54, 1.807) is 11.8 Å². The first kappa shape index (κ1) is 14.2. The maximum Gasteiger partial charge on any atom is 0.437 e. The lowest BCUT2D eigenvalue weighted by molar-refractivity contribution is 0.158. The first-order valence-electron chi connectivity index (χ1n) is 5.57. The van der Waals surface area contributed by atoms with Gasteiger partial charge in [0, 0.05) is 17.9 Å². The van der Waals surface area contributed by atoms with E-state index in [1.807, 2.05) is 24.3 Å². The molecular weight excluding hydrogens is 288 g/mol. The molecule has 0 aliphatic heterocycles. The molecule has 0 aliphatic carbocycles. The van der Waals surface area contributed by atoms with Crippen molar-refractivity contribution in [3.63, 3.8) is 0 Å². The maximum atomic E-state index is 11.4. The van der Waals surface area contributed by atoms with E-state index in [9.17, 15) is 4.79 Å². The molecule has 19 heavy (non-hydrogen) atoms.